The van der Waals surface area contributed by atoms with E-state index in [1.165, 1.54) is 6.07 Å². The van der Waals surface area contributed by atoms with Crippen molar-refractivity contribution >= 4 is 22.7 Å². The highest BCUT2D eigenvalue weighted by Crippen LogP contribution is 2.21. The van der Waals surface area contributed by atoms with E-state index in [0.717, 1.165) is 0 Å². The van der Waals surface area contributed by atoms with Gasteiger partial charge in [-0.05, 0) is 25.0 Å². The normalized spacial score (nSPS) is 21.0. The van der Waals surface area contributed by atoms with Crippen LogP contribution in [-0.4, -0.2) is 52.0 Å². The Morgan fingerprint density at radius 1 is 1.31 bits per heavy atom. The largest absolute Gasteiger partial charge is 0.391 e. The molecule has 2 amide bonds. The maximum absolute atomic E-state index is 13.8. The predicted octanol–water partition coefficient (Wildman–Crippen LogP) is 2.04. The third-order valence-electron chi connectivity index (χ3n) is 4.84. The quantitative estimate of drug-likeness (QED) is 0.782. The molecule has 6 nitrogen and oxygen atoms in total. The van der Waals surface area contributed by atoms with Crippen LogP contribution in [-0.2, 0) is 4.79 Å². The van der Waals surface area contributed by atoms with Crippen LogP contribution in [0.2, 0.25) is 0 Å². The summed E-state index contributed by atoms with van der Waals surface area (Å²) in [4.78, 5) is 29.2. The van der Waals surface area contributed by atoms with Gasteiger partial charge < -0.3 is 20.3 Å². The smallest absolute Gasteiger partial charge is 0.270 e. The molecular formula is C19H24FN3O3. The third-order valence-corrected chi connectivity index (χ3v) is 4.84. The standard InChI is InChI=1S/C19H24FN3O3/c1-11(2)18(25)22-14-6-8-23(9-7-16(14)24)19(26)15-10-12-4-3-5-13(20)17(12)21-15/h3-5,10-11,14,16,21,24H,6-9H2,1-2H3,(H,22,25)/t14-,16-/m0/s1. The molecule has 0 aliphatic carbocycles. The van der Waals surface area contributed by atoms with E-state index in [2.05, 4.69) is 10.3 Å². The molecule has 0 radical (unpaired) electrons. The summed E-state index contributed by atoms with van der Waals surface area (Å²) in [6, 6.07) is 5.96. The summed E-state index contributed by atoms with van der Waals surface area (Å²) in [7, 11) is 0. The van der Waals surface area contributed by atoms with Crippen LogP contribution in [0.5, 0.6) is 0 Å². The number of likely N-dealkylation sites (tertiary alicyclic amines) is 1. The molecular weight excluding hydrogens is 337 g/mol. The number of aliphatic hydroxyl groups is 1. The van der Waals surface area contributed by atoms with Crippen molar-refractivity contribution in [3.63, 3.8) is 0 Å². The van der Waals surface area contributed by atoms with Gasteiger partial charge in [0.1, 0.15) is 11.5 Å². The summed E-state index contributed by atoms with van der Waals surface area (Å²) in [6.07, 6.45) is 0.152. The Hall–Kier alpha value is -2.41. The lowest BCUT2D eigenvalue weighted by Crippen LogP contribution is -2.44. The molecule has 0 saturated carbocycles. The lowest BCUT2D eigenvalue weighted by molar-refractivity contribution is -0.125. The van der Waals surface area contributed by atoms with Crippen molar-refractivity contribution in [1.29, 1.82) is 0 Å². The molecule has 1 fully saturated rings. The van der Waals surface area contributed by atoms with Gasteiger partial charge in [-0.3, -0.25) is 9.59 Å². The number of hydrogen-bond donors (Lipinski definition) is 3. The number of hydrogen-bond acceptors (Lipinski definition) is 3. The molecule has 2 aromatic rings. The van der Waals surface area contributed by atoms with E-state index in [9.17, 15) is 19.1 Å². The fourth-order valence-corrected chi connectivity index (χ4v) is 3.21. The molecule has 0 unspecified atom stereocenters. The summed E-state index contributed by atoms with van der Waals surface area (Å²) in [6.45, 7) is 4.38. The Morgan fingerprint density at radius 2 is 2.04 bits per heavy atom. The first kappa shape index (κ1) is 18.4. The van der Waals surface area contributed by atoms with Gasteiger partial charge >= 0.3 is 0 Å². The Bertz CT molecular complexity index is 817. The fraction of sp³-hybridized carbons (Fsp3) is 0.474. The number of H-pyrrole nitrogens is 1. The molecule has 0 bridgehead atoms. The van der Waals surface area contributed by atoms with Crippen LogP contribution in [0.25, 0.3) is 10.9 Å². The van der Waals surface area contributed by atoms with Crippen LogP contribution < -0.4 is 5.32 Å². The molecule has 1 aliphatic heterocycles. The van der Waals surface area contributed by atoms with E-state index in [1.54, 1.807) is 36.9 Å². The van der Waals surface area contributed by atoms with Gasteiger partial charge in [0.25, 0.3) is 5.91 Å². The van der Waals surface area contributed by atoms with Crippen molar-refractivity contribution in [2.45, 2.75) is 38.8 Å². The number of aliphatic hydroxyl groups excluding tert-OH is 1. The molecule has 2 heterocycles. The highest BCUT2D eigenvalue weighted by atomic mass is 19.1. The first-order valence-electron chi connectivity index (χ1n) is 8.91. The van der Waals surface area contributed by atoms with Gasteiger partial charge in [0.05, 0.1) is 17.7 Å². The summed E-state index contributed by atoms with van der Waals surface area (Å²) < 4.78 is 13.8. The lowest BCUT2D eigenvalue weighted by atomic mass is 10.1. The van der Waals surface area contributed by atoms with Crippen molar-refractivity contribution in [3.05, 3.63) is 35.8 Å². The van der Waals surface area contributed by atoms with Gasteiger partial charge in [-0.1, -0.05) is 26.0 Å². The topological polar surface area (TPSA) is 85.4 Å². The Balaban J connectivity index is 1.72. The van der Waals surface area contributed by atoms with Crippen molar-refractivity contribution in [2.75, 3.05) is 13.1 Å². The van der Waals surface area contributed by atoms with Crippen molar-refractivity contribution in [2.24, 2.45) is 5.92 Å². The second-order valence-corrected chi connectivity index (χ2v) is 7.09. The molecule has 3 rings (SSSR count). The minimum Gasteiger partial charge on any atom is -0.391 e. The van der Waals surface area contributed by atoms with Gasteiger partial charge in [0, 0.05) is 24.4 Å². The Labute approximate surface area is 151 Å². The molecule has 140 valence electrons. The average Bonchev–Trinajstić information content (AvgIpc) is 2.97. The predicted molar refractivity (Wildman–Crippen MR) is 96.2 cm³/mol. The zero-order valence-corrected chi connectivity index (χ0v) is 15.0. The number of carbonyl (C=O) groups excluding carboxylic acids is 2. The fourth-order valence-electron chi connectivity index (χ4n) is 3.21. The van der Waals surface area contributed by atoms with E-state index in [4.69, 9.17) is 0 Å². The van der Waals surface area contributed by atoms with E-state index in [-0.39, 0.29) is 23.8 Å². The lowest BCUT2D eigenvalue weighted by Gasteiger charge is -2.22. The zero-order chi connectivity index (χ0) is 18.8. The molecule has 1 aromatic carbocycles. The number of nitrogens with one attached hydrogen (secondary N) is 2. The number of fused-ring (bicyclic) bond motifs is 1. The highest BCUT2D eigenvalue weighted by Gasteiger charge is 2.29. The number of amides is 2. The molecule has 3 N–H and O–H groups in total. The van der Waals surface area contributed by atoms with Crippen LogP contribution in [0.15, 0.2) is 24.3 Å². The minimum absolute atomic E-state index is 0.111. The van der Waals surface area contributed by atoms with Crippen LogP contribution in [0, 0.1) is 11.7 Å². The van der Waals surface area contributed by atoms with Crippen molar-refractivity contribution in [3.8, 4) is 0 Å². The van der Waals surface area contributed by atoms with Gasteiger partial charge in [0.15, 0.2) is 0 Å². The zero-order valence-electron chi connectivity index (χ0n) is 15.0. The number of nitrogens with zero attached hydrogens (tertiary/aromatic N) is 1. The molecule has 2 atom stereocenters. The molecule has 1 aliphatic rings. The summed E-state index contributed by atoms with van der Waals surface area (Å²) in [5.41, 5.74) is 0.636. The summed E-state index contributed by atoms with van der Waals surface area (Å²) >= 11 is 0. The number of para-hydroxylation sites is 1. The minimum atomic E-state index is -0.698. The maximum Gasteiger partial charge on any atom is 0.270 e. The van der Waals surface area contributed by atoms with Crippen molar-refractivity contribution in [1.82, 2.24) is 15.2 Å². The molecule has 1 saturated heterocycles. The maximum atomic E-state index is 13.8. The summed E-state index contributed by atoms with van der Waals surface area (Å²) in [5.74, 6) is -0.905. The van der Waals surface area contributed by atoms with E-state index < -0.39 is 11.9 Å². The molecule has 26 heavy (non-hydrogen) atoms. The molecule has 0 spiro atoms. The number of aromatic nitrogens is 1. The highest BCUT2D eigenvalue weighted by molar-refractivity contribution is 5.98. The number of carbonyl (C=O) groups is 2. The number of halogens is 1. The summed E-state index contributed by atoms with van der Waals surface area (Å²) in [5, 5.41) is 13.8. The van der Waals surface area contributed by atoms with Gasteiger partial charge in [0.2, 0.25) is 5.91 Å². The SMILES string of the molecule is CC(C)C(=O)N[C@H]1CCN(C(=O)c2cc3cccc(F)c3[nH]2)CC[C@@H]1O. The van der Waals surface area contributed by atoms with Crippen molar-refractivity contribution < 1.29 is 19.1 Å². The van der Waals surface area contributed by atoms with Crippen LogP contribution >= 0.6 is 0 Å². The van der Waals surface area contributed by atoms with E-state index >= 15 is 0 Å². The number of benzene rings is 1. The molecule has 7 heteroatoms. The van der Waals surface area contributed by atoms with Crippen LogP contribution in [0.4, 0.5) is 4.39 Å². The number of rotatable bonds is 3. The molecule has 1 aromatic heterocycles. The second-order valence-electron chi connectivity index (χ2n) is 7.09. The Kier molecular flexibility index (Phi) is 5.27. The monoisotopic (exact) mass is 361 g/mol. The van der Waals surface area contributed by atoms with E-state index in [1.807, 2.05) is 0 Å². The van der Waals surface area contributed by atoms with Gasteiger partial charge in [-0.2, -0.15) is 0 Å². The van der Waals surface area contributed by atoms with E-state index in [0.29, 0.717) is 42.5 Å². The first-order valence-corrected chi connectivity index (χ1v) is 8.91. The number of aromatic amines is 1. The Morgan fingerprint density at radius 3 is 2.73 bits per heavy atom. The van der Waals surface area contributed by atoms with Gasteiger partial charge in [-0.15, -0.1) is 0 Å². The first-order chi connectivity index (χ1) is 12.4. The van der Waals surface area contributed by atoms with Crippen LogP contribution in [0.1, 0.15) is 37.2 Å². The van der Waals surface area contributed by atoms with Crippen LogP contribution in [0.3, 0.4) is 0 Å². The third kappa shape index (κ3) is 3.72. The van der Waals surface area contributed by atoms with Gasteiger partial charge in [-0.25, -0.2) is 4.39 Å². The average molecular weight is 361 g/mol. The second kappa shape index (κ2) is 7.45.